The number of ether oxygens (including phenoxy) is 1. The summed E-state index contributed by atoms with van der Waals surface area (Å²) in [5, 5.41) is 3.72. The van der Waals surface area contributed by atoms with Crippen LogP contribution >= 0.6 is 23.1 Å². The van der Waals surface area contributed by atoms with Crippen molar-refractivity contribution in [2.75, 3.05) is 43.6 Å². The van der Waals surface area contributed by atoms with Crippen molar-refractivity contribution in [3.8, 4) is 0 Å². The number of carbonyl (C=O) groups is 1. The Kier molecular flexibility index (Phi) is 4.59. The van der Waals surface area contributed by atoms with Gasteiger partial charge in [0.15, 0.2) is 0 Å². The minimum Gasteiger partial charge on any atom is -0.396 e. The summed E-state index contributed by atoms with van der Waals surface area (Å²) in [4.78, 5) is 15.7. The number of amides is 1. The Labute approximate surface area is 121 Å². The van der Waals surface area contributed by atoms with Crippen LogP contribution in [0.2, 0.25) is 0 Å². The van der Waals surface area contributed by atoms with Gasteiger partial charge in [-0.1, -0.05) is 0 Å². The number of nitrogens with one attached hydrogen (secondary N) is 1. The van der Waals surface area contributed by atoms with Crippen LogP contribution in [0.3, 0.4) is 0 Å². The summed E-state index contributed by atoms with van der Waals surface area (Å²) in [7, 11) is 1.62. The van der Waals surface area contributed by atoms with Crippen molar-refractivity contribution in [3.05, 3.63) is 4.88 Å². The average molecular weight is 301 g/mol. The summed E-state index contributed by atoms with van der Waals surface area (Å²) in [5.74, 6) is -0.120. The van der Waals surface area contributed by atoms with Crippen LogP contribution in [0.25, 0.3) is 0 Å². The van der Waals surface area contributed by atoms with Gasteiger partial charge >= 0.3 is 0 Å². The molecule has 19 heavy (non-hydrogen) atoms. The normalized spacial score (nSPS) is 19.5. The highest BCUT2D eigenvalue weighted by molar-refractivity contribution is 7.99. The molecule has 0 bridgehead atoms. The lowest BCUT2D eigenvalue weighted by Crippen LogP contribution is -2.40. The van der Waals surface area contributed by atoms with Crippen LogP contribution < -0.4 is 16.0 Å². The Bertz CT molecular complexity index is 476. The number of morpholine rings is 1. The van der Waals surface area contributed by atoms with E-state index >= 15 is 0 Å². The molecular formula is C12H19N3O2S2. The lowest BCUT2D eigenvalue weighted by atomic mass is 10.3. The number of anilines is 2. The van der Waals surface area contributed by atoms with Gasteiger partial charge in [0, 0.05) is 20.1 Å². The second kappa shape index (κ2) is 6.02. The molecule has 7 heteroatoms. The molecular weight excluding hydrogens is 282 g/mol. The second-order valence-electron chi connectivity index (χ2n) is 4.39. The smallest absolute Gasteiger partial charge is 0.263 e. The average Bonchev–Trinajstić information content (AvgIpc) is 2.75. The lowest BCUT2D eigenvalue weighted by Gasteiger charge is -2.32. The highest BCUT2D eigenvalue weighted by Gasteiger charge is 2.26. The fourth-order valence-corrected chi connectivity index (χ4v) is 4.27. The number of hydrogen-bond donors (Lipinski definition) is 2. The minimum atomic E-state index is -0.120. The molecule has 5 nitrogen and oxygen atoms in total. The molecule has 1 aliphatic rings. The standard InChI is InChI=1S/C12H19N3O2S2/c1-7-6-15(4-5-17-7)12-10(18-3)8(13)9(19-12)11(16)14-2/h7H,4-6,13H2,1-3H3,(H,14,16). The van der Waals surface area contributed by atoms with E-state index in [0.717, 1.165) is 23.0 Å². The summed E-state index contributed by atoms with van der Waals surface area (Å²) >= 11 is 3.05. The number of hydrogen-bond acceptors (Lipinski definition) is 6. The van der Waals surface area contributed by atoms with Gasteiger partial charge in [0.1, 0.15) is 9.88 Å². The molecule has 1 amide bonds. The van der Waals surface area contributed by atoms with E-state index in [0.29, 0.717) is 17.2 Å². The van der Waals surface area contributed by atoms with Gasteiger partial charge in [0.05, 0.1) is 23.3 Å². The molecule has 0 aliphatic carbocycles. The van der Waals surface area contributed by atoms with Gasteiger partial charge in [0.2, 0.25) is 0 Å². The predicted octanol–water partition coefficient (Wildman–Crippen LogP) is 1.64. The van der Waals surface area contributed by atoms with E-state index in [2.05, 4.69) is 17.1 Å². The number of rotatable bonds is 3. The fourth-order valence-electron chi connectivity index (χ4n) is 2.11. The van der Waals surface area contributed by atoms with Crippen LogP contribution in [0.4, 0.5) is 10.7 Å². The van der Waals surface area contributed by atoms with Gasteiger partial charge in [-0.05, 0) is 13.2 Å². The first-order valence-electron chi connectivity index (χ1n) is 6.13. The molecule has 0 radical (unpaired) electrons. The molecule has 1 fully saturated rings. The third-order valence-electron chi connectivity index (χ3n) is 3.05. The molecule has 0 spiro atoms. The van der Waals surface area contributed by atoms with Crippen molar-refractivity contribution in [1.29, 1.82) is 0 Å². The Morgan fingerprint density at radius 2 is 2.37 bits per heavy atom. The Morgan fingerprint density at radius 1 is 1.63 bits per heavy atom. The quantitative estimate of drug-likeness (QED) is 0.831. The van der Waals surface area contributed by atoms with E-state index in [4.69, 9.17) is 10.5 Å². The van der Waals surface area contributed by atoms with E-state index < -0.39 is 0 Å². The van der Waals surface area contributed by atoms with E-state index in [1.807, 2.05) is 6.26 Å². The van der Waals surface area contributed by atoms with Gasteiger partial charge in [0.25, 0.3) is 5.91 Å². The van der Waals surface area contributed by atoms with Crippen LogP contribution in [-0.4, -0.2) is 45.0 Å². The largest absolute Gasteiger partial charge is 0.396 e. The lowest BCUT2D eigenvalue weighted by molar-refractivity contribution is 0.0533. The molecule has 0 aromatic carbocycles. The third kappa shape index (κ3) is 2.82. The molecule has 1 unspecified atom stereocenters. The van der Waals surface area contributed by atoms with Gasteiger partial charge in [-0.25, -0.2) is 0 Å². The van der Waals surface area contributed by atoms with Crippen LogP contribution in [-0.2, 0) is 4.74 Å². The van der Waals surface area contributed by atoms with Crippen LogP contribution in [0.1, 0.15) is 16.6 Å². The van der Waals surface area contributed by atoms with Gasteiger partial charge in [-0.3, -0.25) is 4.79 Å². The number of nitrogens with zero attached hydrogens (tertiary/aromatic N) is 1. The van der Waals surface area contributed by atoms with Gasteiger partial charge < -0.3 is 20.7 Å². The van der Waals surface area contributed by atoms with E-state index in [1.165, 1.54) is 11.3 Å². The molecule has 0 saturated carbocycles. The minimum absolute atomic E-state index is 0.120. The molecule has 1 atom stereocenters. The third-order valence-corrected chi connectivity index (χ3v) is 5.26. The number of nitrogens with two attached hydrogens (primary N) is 1. The Balaban J connectivity index is 2.36. The first kappa shape index (κ1) is 14.5. The predicted molar refractivity (Wildman–Crippen MR) is 81.5 cm³/mol. The van der Waals surface area contributed by atoms with Crippen molar-refractivity contribution in [2.24, 2.45) is 0 Å². The maximum Gasteiger partial charge on any atom is 0.263 e. The molecule has 1 aromatic rings. The highest BCUT2D eigenvalue weighted by Crippen LogP contribution is 2.44. The second-order valence-corrected chi connectivity index (χ2v) is 6.21. The van der Waals surface area contributed by atoms with Crippen molar-refractivity contribution in [3.63, 3.8) is 0 Å². The first-order valence-corrected chi connectivity index (χ1v) is 8.17. The molecule has 2 heterocycles. The monoisotopic (exact) mass is 301 g/mol. The fraction of sp³-hybridized carbons (Fsp3) is 0.583. The molecule has 106 valence electrons. The number of thiophene rings is 1. The zero-order valence-electron chi connectivity index (χ0n) is 11.4. The summed E-state index contributed by atoms with van der Waals surface area (Å²) in [6, 6.07) is 0. The summed E-state index contributed by atoms with van der Waals surface area (Å²) in [6.45, 7) is 4.44. The topological polar surface area (TPSA) is 67.6 Å². The highest BCUT2D eigenvalue weighted by atomic mass is 32.2. The maximum absolute atomic E-state index is 11.8. The summed E-state index contributed by atoms with van der Waals surface area (Å²) < 4.78 is 5.55. The molecule has 1 aromatic heterocycles. The van der Waals surface area contributed by atoms with Crippen LogP contribution in [0.15, 0.2) is 4.90 Å². The van der Waals surface area contributed by atoms with Crippen molar-refractivity contribution < 1.29 is 9.53 Å². The number of carbonyl (C=O) groups excluding carboxylic acids is 1. The number of thioether (sulfide) groups is 1. The van der Waals surface area contributed by atoms with Gasteiger partial charge in [-0.2, -0.15) is 0 Å². The van der Waals surface area contributed by atoms with Crippen LogP contribution in [0, 0.1) is 0 Å². The van der Waals surface area contributed by atoms with Crippen molar-refractivity contribution >= 4 is 39.7 Å². The molecule has 1 saturated heterocycles. The summed E-state index contributed by atoms with van der Waals surface area (Å²) in [5.41, 5.74) is 6.69. The van der Waals surface area contributed by atoms with E-state index in [9.17, 15) is 4.79 Å². The van der Waals surface area contributed by atoms with E-state index in [1.54, 1.807) is 18.8 Å². The molecule has 3 N–H and O–H groups in total. The SMILES string of the molecule is CNC(=O)c1sc(N2CCOC(C)C2)c(SC)c1N. The Morgan fingerprint density at radius 3 is 2.95 bits per heavy atom. The zero-order valence-corrected chi connectivity index (χ0v) is 13.0. The maximum atomic E-state index is 11.8. The van der Waals surface area contributed by atoms with Gasteiger partial charge in [-0.15, -0.1) is 23.1 Å². The Hall–Kier alpha value is -0.920. The van der Waals surface area contributed by atoms with Crippen molar-refractivity contribution in [2.45, 2.75) is 17.9 Å². The van der Waals surface area contributed by atoms with Crippen molar-refractivity contribution in [1.82, 2.24) is 5.32 Å². The zero-order chi connectivity index (χ0) is 14.0. The molecule has 2 rings (SSSR count). The number of nitrogen functional groups attached to an aromatic ring is 1. The van der Waals surface area contributed by atoms with Crippen LogP contribution in [0.5, 0.6) is 0 Å². The summed E-state index contributed by atoms with van der Waals surface area (Å²) in [6.07, 6.45) is 2.19. The first-order chi connectivity index (χ1) is 9.08. The van der Waals surface area contributed by atoms with E-state index in [-0.39, 0.29) is 12.0 Å². The molecule has 1 aliphatic heterocycles.